The van der Waals surface area contributed by atoms with E-state index >= 15 is 0 Å². The van der Waals surface area contributed by atoms with Crippen molar-refractivity contribution in [1.29, 1.82) is 0 Å². The molecule has 0 aromatic rings. The molecule has 0 aromatic carbocycles. The van der Waals surface area contributed by atoms with Gasteiger partial charge in [-0.15, -0.1) is 0 Å². The fraction of sp³-hybridized carbons (Fsp3) is 0.938. The summed E-state index contributed by atoms with van der Waals surface area (Å²) < 4.78 is 5.57. The van der Waals surface area contributed by atoms with Crippen LogP contribution >= 0.6 is 0 Å². The lowest BCUT2D eigenvalue weighted by Crippen LogP contribution is -2.44. The van der Waals surface area contributed by atoms with E-state index in [1.54, 1.807) is 0 Å². The number of hydrogen-bond acceptors (Lipinski definition) is 2. The van der Waals surface area contributed by atoms with Gasteiger partial charge in [0.15, 0.2) is 0 Å². The number of hydrogen-bond donors (Lipinski definition) is 0. The van der Waals surface area contributed by atoms with E-state index in [-0.39, 0.29) is 5.41 Å². The smallest absolute Gasteiger partial charge is 0.227 e. The molecule has 1 aliphatic heterocycles. The van der Waals surface area contributed by atoms with E-state index in [2.05, 4.69) is 13.8 Å². The third-order valence-corrected chi connectivity index (χ3v) is 3.75. The molecule has 0 spiro atoms. The molecule has 0 aliphatic carbocycles. The van der Waals surface area contributed by atoms with E-state index < -0.39 is 0 Å². The van der Waals surface area contributed by atoms with Gasteiger partial charge in [0.25, 0.3) is 0 Å². The molecule has 1 rings (SSSR count). The van der Waals surface area contributed by atoms with Crippen LogP contribution in [-0.2, 0) is 9.53 Å². The summed E-state index contributed by atoms with van der Waals surface area (Å²) in [7, 11) is 0. The van der Waals surface area contributed by atoms with Crippen LogP contribution in [0.1, 0.15) is 60.3 Å². The lowest BCUT2D eigenvalue weighted by atomic mass is 9.89. The molecule has 112 valence electrons. The number of amides is 1. The second-order valence-electron chi connectivity index (χ2n) is 7.05. The highest BCUT2D eigenvalue weighted by atomic mass is 16.5. The molecule has 1 heterocycles. The van der Waals surface area contributed by atoms with Crippen molar-refractivity contribution in [3.8, 4) is 0 Å². The first-order valence-corrected chi connectivity index (χ1v) is 7.71. The second kappa shape index (κ2) is 7.28. The van der Waals surface area contributed by atoms with Crippen LogP contribution in [0, 0.1) is 11.3 Å². The third kappa shape index (κ3) is 5.94. The van der Waals surface area contributed by atoms with Crippen molar-refractivity contribution < 1.29 is 9.53 Å². The first-order valence-electron chi connectivity index (χ1n) is 7.71. The monoisotopic (exact) mass is 269 g/mol. The van der Waals surface area contributed by atoms with Crippen LogP contribution in [0.15, 0.2) is 0 Å². The number of piperidine rings is 1. The fourth-order valence-corrected chi connectivity index (χ4v) is 2.59. The quantitative estimate of drug-likeness (QED) is 0.715. The number of carbonyl (C=O) groups excluding carboxylic acids is 1. The normalized spacial score (nSPS) is 18.1. The van der Waals surface area contributed by atoms with Gasteiger partial charge in [0, 0.05) is 25.1 Å². The van der Waals surface area contributed by atoms with Gasteiger partial charge in [0.1, 0.15) is 0 Å². The number of ether oxygens (including phenoxy) is 1. The van der Waals surface area contributed by atoms with E-state index in [0.29, 0.717) is 12.0 Å². The molecule has 0 unspecified atom stereocenters. The first-order chi connectivity index (χ1) is 8.80. The Bertz CT molecular complexity index is 273. The average Bonchev–Trinajstić information content (AvgIpc) is 2.33. The SMILES string of the molecule is CC(C)OCCCC1CCN(C(=O)C(C)(C)C)CC1. The Labute approximate surface area is 118 Å². The summed E-state index contributed by atoms with van der Waals surface area (Å²) >= 11 is 0. The molecule has 0 N–H and O–H groups in total. The van der Waals surface area contributed by atoms with Crippen molar-refractivity contribution in [3.05, 3.63) is 0 Å². The maximum Gasteiger partial charge on any atom is 0.227 e. The summed E-state index contributed by atoms with van der Waals surface area (Å²) in [6.07, 6.45) is 5.04. The molecule has 1 saturated heterocycles. The van der Waals surface area contributed by atoms with Crippen LogP contribution in [0.3, 0.4) is 0 Å². The Morgan fingerprint density at radius 1 is 1.26 bits per heavy atom. The van der Waals surface area contributed by atoms with Crippen molar-refractivity contribution in [1.82, 2.24) is 4.90 Å². The maximum absolute atomic E-state index is 12.2. The van der Waals surface area contributed by atoms with Gasteiger partial charge < -0.3 is 9.64 Å². The van der Waals surface area contributed by atoms with Crippen LogP contribution < -0.4 is 0 Å². The van der Waals surface area contributed by atoms with E-state index in [9.17, 15) is 4.79 Å². The van der Waals surface area contributed by atoms with E-state index in [0.717, 1.165) is 44.9 Å². The molecule has 3 nitrogen and oxygen atoms in total. The van der Waals surface area contributed by atoms with Crippen LogP contribution in [-0.4, -0.2) is 36.6 Å². The van der Waals surface area contributed by atoms with Crippen LogP contribution in [0.4, 0.5) is 0 Å². The highest BCUT2D eigenvalue weighted by Crippen LogP contribution is 2.25. The van der Waals surface area contributed by atoms with Gasteiger partial charge in [-0.05, 0) is 45.4 Å². The highest BCUT2D eigenvalue weighted by Gasteiger charge is 2.29. The van der Waals surface area contributed by atoms with Crippen molar-refractivity contribution >= 4 is 5.91 Å². The molecule has 1 fully saturated rings. The molecular weight excluding hydrogens is 238 g/mol. The van der Waals surface area contributed by atoms with Gasteiger partial charge in [0.2, 0.25) is 5.91 Å². The van der Waals surface area contributed by atoms with Crippen molar-refractivity contribution in [2.24, 2.45) is 11.3 Å². The molecular formula is C16H31NO2. The van der Waals surface area contributed by atoms with Gasteiger partial charge in [-0.25, -0.2) is 0 Å². The lowest BCUT2D eigenvalue weighted by Gasteiger charge is -2.35. The van der Waals surface area contributed by atoms with Crippen molar-refractivity contribution in [3.63, 3.8) is 0 Å². The van der Waals surface area contributed by atoms with Gasteiger partial charge >= 0.3 is 0 Å². The average molecular weight is 269 g/mol. The molecule has 0 bridgehead atoms. The van der Waals surface area contributed by atoms with Crippen LogP contribution in [0.25, 0.3) is 0 Å². The maximum atomic E-state index is 12.2. The number of carbonyl (C=O) groups is 1. The Kier molecular flexibility index (Phi) is 6.31. The second-order valence-corrected chi connectivity index (χ2v) is 7.05. The molecule has 1 amide bonds. The predicted molar refractivity (Wildman–Crippen MR) is 79.1 cm³/mol. The topological polar surface area (TPSA) is 29.5 Å². The van der Waals surface area contributed by atoms with Gasteiger partial charge in [-0.1, -0.05) is 20.8 Å². The minimum absolute atomic E-state index is 0.238. The van der Waals surface area contributed by atoms with Gasteiger partial charge in [0.05, 0.1) is 6.10 Å². The summed E-state index contributed by atoms with van der Waals surface area (Å²) in [5, 5.41) is 0. The summed E-state index contributed by atoms with van der Waals surface area (Å²) in [4.78, 5) is 14.2. The number of nitrogens with zero attached hydrogens (tertiary/aromatic N) is 1. The number of likely N-dealkylation sites (tertiary alicyclic amines) is 1. The van der Waals surface area contributed by atoms with E-state index in [1.807, 2.05) is 25.7 Å². The molecule has 0 saturated carbocycles. The Morgan fingerprint density at radius 2 is 1.84 bits per heavy atom. The number of rotatable bonds is 5. The summed E-state index contributed by atoms with van der Waals surface area (Å²) in [5.41, 5.74) is -0.238. The summed E-state index contributed by atoms with van der Waals surface area (Å²) in [6, 6.07) is 0. The van der Waals surface area contributed by atoms with Gasteiger partial charge in [-0.3, -0.25) is 4.79 Å². The van der Waals surface area contributed by atoms with E-state index in [4.69, 9.17) is 4.74 Å². The molecule has 3 heteroatoms. The van der Waals surface area contributed by atoms with Crippen LogP contribution in [0.5, 0.6) is 0 Å². The van der Waals surface area contributed by atoms with Crippen molar-refractivity contribution in [2.75, 3.05) is 19.7 Å². The largest absolute Gasteiger partial charge is 0.379 e. The zero-order chi connectivity index (χ0) is 14.5. The minimum atomic E-state index is -0.238. The Balaban J connectivity index is 2.20. The molecule has 19 heavy (non-hydrogen) atoms. The minimum Gasteiger partial charge on any atom is -0.379 e. The summed E-state index contributed by atoms with van der Waals surface area (Å²) in [6.45, 7) is 12.9. The predicted octanol–water partition coefficient (Wildman–Crippen LogP) is 3.48. The molecule has 0 aromatic heterocycles. The fourth-order valence-electron chi connectivity index (χ4n) is 2.59. The zero-order valence-electron chi connectivity index (χ0n) is 13.4. The Morgan fingerprint density at radius 3 is 2.32 bits per heavy atom. The molecule has 1 aliphatic rings. The van der Waals surface area contributed by atoms with Crippen LogP contribution in [0.2, 0.25) is 0 Å². The zero-order valence-corrected chi connectivity index (χ0v) is 13.4. The molecule has 0 atom stereocenters. The summed E-state index contributed by atoms with van der Waals surface area (Å²) in [5.74, 6) is 1.08. The first kappa shape index (κ1) is 16.5. The lowest BCUT2D eigenvalue weighted by molar-refractivity contribution is -0.140. The Hall–Kier alpha value is -0.570. The van der Waals surface area contributed by atoms with Gasteiger partial charge in [-0.2, -0.15) is 0 Å². The van der Waals surface area contributed by atoms with Crippen molar-refractivity contribution in [2.45, 2.75) is 66.4 Å². The molecule has 0 radical (unpaired) electrons. The van der Waals surface area contributed by atoms with E-state index in [1.165, 1.54) is 6.42 Å². The highest BCUT2D eigenvalue weighted by molar-refractivity contribution is 5.81. The third-order valence-electron chi connectivity index (χ3n) is 3.75. The standard InChI is InChI=1S/C16H31NO2/c1-13(2)19-12-6-7-14-8-10-17(11-9-14)15(18)16(3,4)5/h13-14H,6-12H2,1-5H3.